The lowest BCUT2D eigenvalue weighted by atomic mass is 10.0. The van der Waals surface area contributed by atoms with E-state index in [0.717, 1.165) is 37.1 Å². The number of nitrogens with one attached hydrogen (secondary N) is 1. The van der Waals surface area contributed by atoms with E-state index in [2.05, 4.69) is 10.3 Å². The van der Waals surface area contributed by atoms with Crippen molar-refractivity contribution in [3.63, 3.8) is 0 Å². The summed E-state index contributed by atoms with van der Waals surface area (Å²) in [5.74, 6) is 0.143. The number of amides is 2. The molecule has 1 saturated heterocycles. The van der Waals surface area contributed by atoms with E-state index >= 15 is 0 Å². The van der Waals surface area contributed by atoms with Gasteiger partial charge in [-0.3, -0.25) is 14.5 Å². The molecule has 7 nitrogen and oxygen atoms in total. The van der Waals surface area contributed by atoms with E-state index in [-0.39, 0.29) is 24.4 Å². The van der Waals surface area contributed by atoms with Crippen LogP contribution in [0.4, 0.5) is 0 Å². The van der Waals surface area contributed by atoms with Gasteiger partial charge in [-0.2, -0.15) is 0 Å². The van der Waals surface area contributed by atoms with Crippen LogP contribution in [0.3, 0.4) is 0 Å². The highest BCUT2D eigenvalue weighted by Gasteiger charge is 2.22. The summed E-state index contributed by atoms with van der Waals surface area (Å²) in [5.41, 5.74) is 7.69. The highest BCUT2D eigenvalue weighted by molar-refractivity contribution is 5.95. The van der Waals surface area contributed by atoms with Crippen LogP contribution in [0.15, 0.2) is 42.6 Å². The number of nitrogens with zero attached hydrogens (tertiary/aromatic N) is 2. The summed E-state index contributed by atoms with van der Waals surface area (Å²) in [6.07, 6.45) is 3.34. The third-order valence-electron chi connectivity index (χ3n) is 4.71. The summed E-state index contributed by atoms with van der Waals surface area (Å²) in [5, 5.41) is 3.09. The molecule has 0 spiro atoms. The monoisotopic (exact) mass is 368 g/mol. The Morgan fingerprint density at radius 2 is 2.00 bits per heavy atom. The molecule has 1 aliphatic heterocycles. The summed E-state index contributed by atoms with van der Waals surface area (Å²) in [6, 6.07) is 11.3. The average molecular weight is 368 g/mol. The van der Waals surface area contributed by atoms with Crippen molar-refractivity contribution in [3.8, 4) is 17.0 Å². The number of benzene rings is 1. The third kappa shape index (κ3) is 5.04. The van der Waals surface area contributed by atoms with E-state index in [1.165, 1.54) is 0 Å². The van der Waals surface area contributed by atoms with Crippen LogP contribution < -0.4 is 15.8 Å². The van der Waals surface area contributed by atoms with Gasteiger partial charge in [0.1, 0.15) is 0 Å². The minimum Gasteiger partial charge on any atom is -0.481 e. The SMILES string of the molecule is COc1ccc(-c2cccc(C(=O)NC3CCN(CC(N)=O)CC3)c2)cn1. The Hall–Kier alpha value is -2.93. The van der Waals surface area contributed by atoms with Crippen molar-refractivity contribution in [1.29, 1.82) is 0 Å². The van der Waals surface area contributed by atoms with Gasteiger partial charge in [0.15, 0.2) is 0 Å². The maximum Gasteiger partial charge on any atom is 0.251 e. The summed E-state index contributed by atoms with van der Waals surface area (Å²) < 4.78 is 5.08. The van der Waals surface area contributed by atoms with Gasteiger partial charge >= 0.3 is 0 Å². The Balaban J connectivity index is 1.61. The quantitative estimate of drug-likeness (QED) is 0.804. The van der Waals surface area contributed by atoms with E-state index in [0.29, 0.717) is 11.4 Å². The molecular weight excluding hydrogens is 344 g/mol. The van der Waals surface area contributed by atoms with Gasteiger partial charge < -0.3 is 15.8 Å². The highest BCUT2D eigenvalue weighted by Crippen LogP contribution is 2.21. The molecule has 0 aliphatic carbocycles. The molecule has 0 atom stereocenters. The Kier molecular flexibility index (Phi) is 6.03. The molecule has 0 bridgehead atoms. The molecule has 0 saturated carbocycles. The molecule has 7 heteroatoms. The van der Waals surface area contributed by atoms with E-state index in [1.807, 2.05) is 29.2 Å². The normalized spacial score (nSPS) is 15.3. The molecule has 1 fully saturated rings. The van der Waals surface area contributed by atoms with Crippen molar-refractivity contribution in [3.05, 3.63) is 48.2 Å². The van der Waals surface area contributed by atoms with Crippen molar-refractivity contribution >= 4 is 11.8 Å². The first-order valence-corrected chi connectivity index (χ1v) is 8.97. The lowest BCUT2D eigenvalue weighted by Gasteiger charge is -2.31. The standard InChI is InChI=1S/C20H24N4O3/c1-27-19-6-5-16(12-22-19)14-3-2-4-15(11-14)20(26)23-17-7-9-24(10-8-17)13-18(21)25/h2-6,11-12,17H,7-10,13H2,1H3,(H2,21,25)(H,23,26). The lowest BCUT2D eigenvalue weighted by molar-refractivity contribution is -0.119. The second-order valence-corrected chi connectivity index (χ2v) is 6.66. The van der Waals surface area contributed by atoms with Gasteiger partial charge in [-0.15, -0.1) is 0 Å². The zero-order valence-corrected chi connectivity index (χ0v) is 15.4. The van der Waals surface area contributed by atoms with Crippen LogP contribution in [0.2, 0.25) is 0 Å². The van der Waals surface area contributed by atoms with Crippen LogP contribution in [0.1, 0.15) is 23.2 Å². The van der Waals surface area contributed by atoms with E-state index in [1.54, 1.807) is 25.4 Å². The van der Waals surface area contributed by atoms with Gasteiger partial charge in [0.05, 0.1) is 13.7 Å². The highest BCUT2D eigenvalue weighted by atomic mass is 16.5. The van der Waals surface area contributed by atoms with Gasteiger partial charge in [0, 0.05) is 42.5 Å². The minimum atomic E-state index is -0.317. The summed E-state index contributed by atoms with van der Waals surface area (Å²) >= 11 is 0. The van der Waals surface area contributed by atoms with Crippen LogP contribution in [-0.4, -0.2) is 54.5 Å². The smallest absolute Gasteiger partial charge is 0.251 e. The Labute approximate surface area is 158 Å². The van der Waals surface area contributed by atoms with Crippen molar-refractivity contribution in [2.24, 2.45) is 5.73 Å². The number of aromatic nitrogens is 1. The summed E-state index contributed by atoms with van der Waals surface area (Å²) in [6.45, 7) is 1.79. The fourth-order valence-corrected chi connectivity index (χ4v) is 3.24. The first kappa shape index (κ1) is 18.8. The molecule has 0 unspecified atom stereocenters. The largest absolute Gasteiger partial charge is 0.481 e. The number of ether oxygens (including phenoxy) is 1. The van der Waals surface area contributed by atoms with E-state index in [9.17, 15) is 9.59 Å². The predicted octanol–water partition coefficient (Wildman–Crippen LogP) is 1.44. The van der Waals surface area contributed by atoms with Crippen molar-refractivity contribution in [2.75, 3.05) is 26.7 Å². The van der Waals surface area contributed by atoms with Gasteiger partial charge in [-0.05, 0) is 36.6 Å². The second-order valence-electron chi connectivity index (χ2n) is 6.66. The molecule has 27 heavy (non-hydrogen) atoms. The van der Waals surface area contributed by atoms with Crippen molar-refractivity contribution < 1.29 is 14.3 Å². The second kappa shape index (κ2) is 8.64. The Bertz CT molecular complexity index is 799. The number of piperidine rings is 1. The number of methoxy groups -OCH3 is 1. The number of hydrogen-bond acceptors (Lipinski definition) is 5. The number of hydrogen-bond donors (Lipinski definition) is 2. The van der Waals surface area contributed by atoms with Crippen LogP contribution in [-0.2, 0) is 4.79 Å². The van der Waals surface area contributed by atoms with Crippen LogP contribution in [0.25, 0.3) is 11.1 Å². The number of carbonyl (C=O) groups excluding carboxylic acids is 2. The molecule has 142 valence electrons. The Morgan fingerprint density at radius 3 is 2.63 bits per heavy atom. The molecular formula is C20H24N4O3. The zero-order valence-electron chi connectivity index (χ0n) is 15.4. The number of rotatable bonds is 6. The lowest BCUT2D eigenvalue weighted by Crippen LogP contribution is -2.46. The number of nitrogens with two attached hydrogens (primary N) is 1. The fraction of sp³-hybridized carbons (Fsp3) is 0.350. The molecule has 1 aromatic heterocycles. The van der Waals surface area contributed by atoms with Crippen LogP contribution in [0, 0.1) is 0 Å². The average Bonchev–Trinajstić information content (AvgIpc) is 2.69. The van der Waals surface area contributed by atoms with E-state index < -0.39 is 0 Å². The van der Waals surface area contributed by atoms with Crippen molar-refractivity contribution in [1.82, 2.24) is 15.2 Å². The number of primary amides is 1. The van der Waals surface area contributed by atoms with E-state index in [4.69, 9.17) is 10.5 Å². The molecule has 1 aliphatic rings. The maximum absolute atomic E-state index is 12.6. The summed E-state index contributed by atoms with van der Waals surface area (Å²) in [4.78, 5) is 29.8. The number of pyridine rings is 1. The predicted molar refractivity (Wildman–Crippen MR) is 102 cm³/mol. The molecule has 2 heterocycles. The van der Waals surface area contributed by atoms with Gasteiger partial charge in [0.25, 0.3) is 5.91 Å². The third-order valence-corrected chi connectivity index (χ3v) is 4.71. The minimum absolute atomic E-state index is 0.0910. The molecule has 0 radical (unpaired) electrons. The Morgan fingerprint density at radius 1 is 1.22 bits per heavy atom. The molecule has 2 amide bonds. The van der Waals surface area contributed by atoms with Crippen LogP contribution >= 0.6 is 0 Å². The first-order chi connectivity index (χ1) is 13.0. The van der Waals surface area contributed by atoms with Crippen molar-refractivity contribution in [2.45, 2.75) is 18.9 Å². The zero-order chi connectivity index (χ0) is 19.2. The first-order valence-electron chi connectivity index (χ1n) is 8.97. The maximum atomic E-state index is 12.6. The van der Waals surface area contributed by atoms with Gasteiger partial charge in [-0.25, -0.2) is 4.98 Å². The molecule has 3 rings (SSSR count). The fourth-order valence-electron chi connectivity index (χ4n) is 3.24. The molecule has 1 aromatic carbocycles. The van der Waals surface area contributed by atoms with Gasteiger partial charge in [0.2, 0.25) is 11.8 Å². The topological polar surface area (TPSA) is 97.5 Å². The number of carbonyl (C=O) groups is 2. The van der Waals surface area contributed by atoms with Gasteiger partial charge in [-0.1, -0.05) is 12.1 Å². The summed E-state index contributed by atoms with van der Waals surface area (Å²) in [7, 11) is 1.57. The molecule has 3 N–H and O–H groups in total. The molecule has 2 aromatic rings. The number of likely N-dealkylation sites (tertiary alicyclic amines) is 1. The van der Waals surface area contributed by atoms with Crippen LogP contribution in [0.5, 0.6) is 5.88 Å².